The molecule has 1 aromatic rings. The van der Waals surface area contributed by atoms with Crippen LogP contribution in [0, 0.1) is 0 Å². The number of thioether (sulfide) groups is 1. The Labute approximate surface area is 115 Å². The Bertz CT molecular complexity index is 501. The summed E-state index contributed by atoms with van der Waals surface area (Å²) in [5.74, 6) is 3.19. The van der Waals surface area contributed by atoms with Crippen LogP contribution < -0.4 is 20.5 Å². The quantitative estimate of drug-likeness (QED) is 0.805. The number of carbonyl (C=O) groups excluding carboxylic acids is 1. The number of nitrogens with one attached hydrogen (secondary N) is 1. The maximum Gasteiger partial charge on any atom is 0.253 e. The third-order valence-electron chi connectivity index (χ3n) is 3.28. The maximum atomic E-state index is 12.2. The fourth-order valence-corrected chi connectivity index (χ4v) is 3.34. The number of fused-ring (bicyclic) bond motifs is 1. The highest BCUT2D eigenvalue weighted by molar-refractivity contribution is 7.99. The van der Waals surface area contributed by atoms with Gasteiger partial charge in [0.25, 0.3) is 5.91 Å². The molecule has 102 valence electrons. The molecule has 5 nitrogen and oxygen atoms in total. The van der Waals surface area contributed by atoms with Crippen molar-refractivity contribution in [3.63, 3.8) is 0 Å². The van der Waals surface area contributed by atoms with Crippen molar-refractivity contribution < 1.29 is 14.3 Å². The van der Waals surface area contributed by atoms with Gasteiger partial charge in [0.1, 0.15) is 0 Å². The van der Waals surface area contributed by atoms with Gasteiger partial charge in [0, 0.05) is 23.5 Å². The molecule has 0 saturated carbocycles. The van der Waals surface area contributed by atoms with E-state index in [4.69, 9.17) is 15.2 Å². The third-order valence-corrected chi connectivity index (χ3v) is 4.50. The van der Waals surface area contributed by atoms with E-state index in [0.717, 1.165) is 18.6 Å². The normalized spacial score (nSPS) is 21.2. The van der Waals surface area contributed by atoms with Crippen LogP contribution in [0.25, 0.3) is 0 Å². The molecule has 0 spiro atoms. The van der Waals surface area contributed by atoms with Crippen molar-refractivity contribution in [2.75, 3.05) is 24.0 Å². The van der Waals surface area contributed by atoms with E-state index in [9.17, 15) is 4.79 Å². The van der Waals surface area contributed by atoms with Crippen molar-refractivity contribution in [2.24, 2.45) is 0 Å². The molecular weight excluding hydrogens is 264 g/mol. The van der Waals surface area contributed by atoms with E-state index in [0.29, 0.717) is 22.7 Å². The van der Waals surface area contributed by atoms with Crippen molar-refractivity contribution >= 4 is 23.4 Å². The van der Waals surface area contributed by atoms with Crippen LogP contribution in [0.1, 0.15) is 23.2 Å². The van der Waals surface area contributed by atoms with Gasteiger partial charge in [-0.3, -0.25) is 4.79 Å². The van der Waals surface area contributed by atoms with Crippen LogP contribution in [-0.4, -0.2) is 30.2 Å². The van der Waals surface area contributed by atoms with Crippen LogP contribution in [0.15, 0.2) is 12.1 Å². The molecule has 0 radical (unpaired) electrons. The average Bonchev–Trinajstić information content (AvgIpc) is 2.86. The summed E-state index contributed by atoms with van der Waals surface area (Å²) < 4.78 is 10.5. The second kappa shape index (κ2) is 5.21. The highest BCUT2D eigenvalue weighted by Gasteiger charge is 2.22. The molecule has 3 N–H and O–H groups in total. The molecule has 2 aliphatic rings. The van der Waals surface area contributed by atoms with E-state index in [1.54, 1.807) is 12.1 Å². The Hall–Kier alpha value is -1.56. The van der Waals surface area contributed by atoms with Gasteiger partial charge in [0.15, 0.2) is 11.5 Å². The molecule has 0 aromatic heterocycles. The van der Waals surface area contributed by atoms with Crippen molar-refractivity contribution in [3.8, 4) is 11.5 Å². The molecule has 19 heavy (non-hydrogen) atoms. The zero-order chi connectivity index (χ0) is 13.2. The predicted octanol–water partition coefficient (Wildman–Crippen LogP) is 1.62. The lowest BCUT2D eigenvalue weighted by atomic mass is 10.1. The van der Waals surface area contributed by atoms with Crippen LogP contribution in [-0.2, 0) is 0 Å². The monoisotopic (exact) mass is 280 g/mol. The molecule has 6 heteroatoms. The molecule has 1 fully saturated rings. The van der Waals surface area contributed by atoms with Gasteiger partial charge in [-0.05, 0) is 24.7 Å². The number of rotatable bonds is 2. The highest BCUT2D eigenvalue weighted by atomic mass is 32.2. The maximum absolute atomic E-state index is 12.2. The summed E-state index contributed by atoms with van der Waals surface area (Å²) in [4.78, 5) is 12.2. The molecule has 0 aliphatic carbocycles. The van der Waals surface area contributed by atoms with Gasteiger partial charge in [-0.2, -0.15) is 11.8 Å². The molecule has 2 heterocycles. The Morgan fingerprint density at radius 1 is 1.37 bits per heavy atom. The number of benzene rings is 1. The minimum Gasteiger partial charge on any atom is -0.454 e. The SMILES string of the molecule is Nc1cc2c(cc1C(=O)NC1CCCSC1)OCO2. The second-order valence-electron chi connectivity index (χ2n) is 4.68. The fraction of sp³-hybridized carbons (Fsp3) is 0.462. The number of nitrogens with two attached hydrogens (primary N) is 1. The molecule has 3 rings (SSSR count). The van der Waals surface area contributed by atoms with Gasteiger partial charge in [-0.1, -0.05) is 0 Å². The standard InChI is InChI=1S/C13H16N2O3S/c14-10-5-12-11(17-7-18-12)4-9(10)13(16)15-8-2-1-3-19-6-8/h4-5,8H,1-3,6-7,14H2,(H,15,16). The molecule has 1 saturated heterocycles. The molecule has 1 atom stereocenters. The first-order valence-electron chi connectivity index (χ1n) is 6.32. The smallest absolute Gasteiger partial charge is 0.253 e. The number of anilines is 1. The Morgan fingerprint density at radius 3 is 2.89 bits per heavy atom. The van der Waals surface area contributed by atoms with Gasteiger partial charge in [0.05, 0.1) is 5.56 Å². The summed E-state index contributed by atoms with van der Waals surface area (Å²) in [6, 6.07) is 3.53. The minimum absolute atomic E-state index is 0.136. The fourth-order valence-electron chi connectivity index (χ4n) is 2.27. The largest absolute Gasteiger partial charge is 0.454 e. The van der Waals surface area contributed by atoms with Crippen molar-refractivity contribution in [1.29, 1.82) is 0 Å². The lowest BCUT2D eigenvalue weighted by molar-refractivity contribution is 0.0939. The van der Waals surface area contributed by atoms with Gasteiger partial charge in [-0.25, -0.2) is 0 Å². The van der Waals surface area contributed by atoms with Gasteiger partial charge >= 0.3 is 0 Å². The first-order chi connectivity index (χ1) is 9.24. The van der Waals surface area contributed by atoms with E-state index in [-0.39, 0.29) is 18.7 Å². The highest BCUT2D eigenvalue weighted by Crippen LogP contribution is 2.36. The van der Waals surface area contributed by atoms with Crippen molar-refractivity contribution in [3.05, 3.63) is 17.7 Å². The van der Waals surface area contributed by atoms with Gasteiger partial charge in [0.2, 0.25) is 6.79 Å². The van der Waals surface area contributed by atoms with Gasteiger partial charge in [-0.15, -0.1) is 0 Å². The minimum atomic E-state index is -0.136. The molecular formula is C13H16N2O3S. The zero-order valence-electron chi connectivity index (χ0n) is 10.5. The summed E-state index contributed by atoms with van der Waals surface area (Å²) in [6.45, 7) is 0.180. The number of carbonyl (C=O) groups is 1. The number of hydrogen-bond acceptors (Lipinski definition) is 5. The summed E-state index contributed by atoms with van der Waals surface area (Å²) >= 11 is 1.87. The van der Waals surface area contributed by atoms with Crippen LogP contribution >= 0.6 is 11.8 Å². The van der Waals surface area contributed by atoms with Crippen LogP contribution in [0.2, 0.25) is 0 Å². The molecule has 0 bridgehead atoms. The van der Waals surface area contributed by atoms with Crippen molar-refractivity contribution in [1.82, 2.24) is 5.32 Å². The summed E-state index contributed by atoms with van der Waals surface area (Å²) in [5.41, 5.74) is 6.78. The van der Waals surface area contributed by atoms with Crippen LogP contribution in [0.5, 0.6) is 11.5 Å². The van der Waals surface area contributed by atoms with E-state index in [2.05, 4.69) is 5.32 Å². The van der Waals surface area contributed by atoms with Gasteiger partial charge < -0.3 is 20.5 Å². The van der Waals surface area contributed by atoms with Crippen LogP contribution in [0.4, 0.5) is 5.69 Å². The number of amides is 1. The summed E-state index contributed by atoms with van der Waals surface area (Å²) in [6.07, 6.45) is 2.18. The number of hydrogen-bond donors (Lipinski definition) is 2. The lowest BCUT2D eigenvalue weighted by Crippen LogP contribution is -2.38. The van der Waals surface area contributed by atoms with Crippen LogP contribution in [0.3, 0.4) is 0 Å². The number of ether oxygens (including phenoxy) is 2. The molecule has 1 aromatic carbocycles. The van der Waals surface area contributed by atoms with E-state index in [1.165, 1.54) is 5.75 Å². The Balaban J connectivity index is 1.75. The third kappa shape index (κ3) is 2.58. The molecule has 2 aliphatic heterocycles. The van der Waals surface area contributed by atoms with E-state index >= 15 is 0 Å². The lowest BCUT2D eigenvalue weighted by Gasteiger charge is -2.22. The zero-order valence-corrected chi connectivity index (χ0v) is 11.3. The first-order valence-corrected chi connectivity index (χ1v) is 7.47. The van der Waals surface area contributed by atoms with E-state index < -0.39 is 0 Å². The average molecular weight is 280 g/mol. The molecule has 1 amide bonds. The Kier molecular flexibility index (Phi) is 3.42. The number of nitrogen functional groups attached to an aromatic ring is 1. The van der Waals surface area contributed by atoms with E-state index in [1.807, 2.05) is 11.8 Å². The second-order valence-corrected chi connectivity index (χ2v) is 5.83. The topological polar surface area (TPSA) is 73.6 Å². The predicted molar refractivity (Wildman–Crippen MR) is 74.8 cm³/mol. The summed E-state index contributed by atoms with van der Waals surface area (Å²) in [7, 11) is 0. The molecule has 1 unspecified atom stereocenters. The summed E-state index contributed by atoms with van der Waals surface area (Å²) in [5, 5.41) is 3.03. The van der Waals surface area contributed by atoms with Crippen molar-refractivity contribution in [2.45, 2.75) is 18.9 Å². The first kappa shape index (κ1) is 12.5. The Morgan fingerprint density at radius 2 is 2.16 bits per heavy atom.